The molecule has 3 nitrogen and oxygen atoms in total. The molecule has 0 amide bonds. The van der Waals surface area contributed by atoms with Crippen molar-refractivity contribution >= 4 is 27.8 Å². The Balaban J connectivity index is 1.99. The minimum atomic E-state index is 0.196. The summed E-state index contributed by atoms with van der Waals surface area (Å²) in [6.45, 7) is 8.77. The first kappa shape index (κ1) is 14.9. The Kier molecular flexibility index (Phi) is 3.76. The first-order valence-electron chi connectivity index (χ1n) is 8.13. The number of thiophene rings is 1. The second-order valence-electron chi connectivity index (χ2n) is 7.30. The van der Waals surface area contributed by atoms with Crippen LogP contribution in [0.1, 0.15) is 74.0 Å². The van der Waals surface area contributed by atoms with Crippen LogP contribution in [-0.4, -0.2) is 18.9 Å². The minimum absolute atomic E-state index is 0.196. The largest absolute Gasteiger partial charge is 0.397 e. The van der Waals surface area contributed by atoms with E-state index in [1.165, 1.54) is 36.2 Å². The fourth-order valence-corrected chi connectivity index (χ4v) is 4.75. The summed E-state index contributed by atoms with van der Waals surface area (Å²) in [7, 11) is 0. The third kappa shape index (κ3) is 2.83. The molecule has 0 unspecified atom stereocenters. The fourth-order valence-electron chi connectivity index (χ4n) is 3.41. The van der Waals surface area contributed by atoms with Gasteiger partial charge in [0, 0.05) is 25.1 Å². The molecule has 0 radical (unpaired) electrons. The number of hydrogen-bond acceptors (Lipinski definition) is 4. The number of rotatable bonds is 4. The van der Waals surface area contributed by atoms with Gasteiger partial charge >= 0.3 is 0 Å². The van der Waals surface area contributed by atoms with E-state index in [0.717, 1.165) is 23.7 Å². The van der Waals surface area contributed by atoms with E-state index in [0.29, 0.717) is 17.8 Å². The number of ketones is 1. The zero-order chi connectivity index (χ0) is 15.2. The molecule has 0 spiro atoms. The van der Waals surface area contributed by atoms with Crippen molar-refractivity contribution in [2.45, 2.75) is 58.8 Å². The molecule has 1 aromatic heterocycles. The summed E-state index contributed by atoms with van der Waals surface area (Å²) in [5.41, 5.74) is 8.78. The Morgan fingerprint density at radius 1 is 1.43 bits per heavy atom. The molecule has 2 heterocycles. The quantitative estimate of drug-likeness (QED) is 0.837. The number of carbonyl (C=O) groups excluding carboxylic acids is 1. The van der Waals surface area contributed by atoms with E-state index in [1.807, 2.05) is 6.92 Å². The van der Waals surface area contributed by atoms with Crippen LogP contribution in [-0.2, 0) is 0 Å². The lowest BCUT2D eigenvalue weighted by Crippen LogP contribution is -2.40. The molecule has 0 bridgehead atoms. The monoisotopic (exact) mass is 306 g/mol. The van der Waals surface area contributed by atoms with E-state index < -0.39 is 0 Å². The highest BCUT2D eigenvalue weighted by Crippen LogP contribution is 2.53. The van der Waals surface area contributed by atoms with Crippen LogP contribution in [0.4, 0.5) is 10.7 Å². The number of piperidine rings is 1. The van der Waals surface area contributed by atoms with Crippen LogP contribution in [0.3, 0.4) is 0 Å². The number of nitrogen functional groups attached to an aromatic ring is 1. The Morgan fingerprint density at radius 3 is 2.71 bits per heavy atom. The van der Waals surface area contributed by atoms with Gasteiger partial charge in [0.1, 0.15) is 0 Å². The van der Waals surface area contributed by atoms with Gasteiger partial charge in [-0.25, -0.2) is 0 Å². The SMILES string of the molecule is CCC(=O)c1sc(N2CCCC(C)(C)C2)c(C2CC2)c1N. The summed E-state index contributed by atoms with van der Waals surface area (Å²) >= 11 is 1.65. The van der Waals surface area contributed by atoms with Crippen molar-refractivity contribution < 1.29 is 4.79 Å². The maximum Gasteiger partial charge on any atom is 0.174 e. The van der Waals surface area contributed by atoms with Crippen molar-refractivity contribution in [3.63, 3.8) is 0 Å². The Morgan fingerprint density at radius 2 is 2.14 bits per heavy atom. The van der Waals surface area contributed by atoms with Crippen LogP contribution < -0.4 is 10.6 Å². The van der Waals surface area contributed by atoms with Gasteiger partial charge in [0.15, 0.2) is 5.78 Å². The molecule has 116 valence electrons. The van der Waals surface area contributed by atoms with Crippen LogP contribution >= 0.6 is 11.3 Å². The van der Waals surface area contributed by atoms with E-state index in [-0.39, 0.29) is 5.78 Å². The van der Waals surface area contributed by atoms with Crippen LogP contribution in [0, 0.1) is 5.41 Å². The molecule has 0 aromatic carbocycles. The van der Waals surface area contributed by atoms with Crippen LogP contribution in [0.5, 0.6) is 0 Å². The molecular weight excluding hydrogens is 280 g/mol. The van der Waals surface area contributed by atoms with Gasteiger partial charge in [-0.05, 0) is 37.0 Å². The molecule has 1 saturated heterocycles. The van der Waals surface area contributed by atoms with Gasteiger partial charge in [-0.1, -0.05) is 20.8 Å². The van der Waals surface area contributed by atoms with Crippen molar-refractivity contribution in [1.29, 1.82) is 0 Å². The normalized spacial score (nSPS) is 21.6. The van der Waals surface area contributed by atoms with Crippen molar-refractivity contribution in [1.82, 2.24) is 0 Å². The first-order valence-corrected chi connectivity index (χ1v) is 8.95. The molecule has 21 heavy (non-hydrogen) atoms. The Hall–Kier alpha value is -1.03. The topological polar surface area (TPSA) is 46.3 Å². The maximum atomic E-state index is 12.2. The molecule has 4 heteroatoms. The smallest absolute Gasteiger partial charge is 0.174 e. The lowest BCUT2D eigenvalue weighted by atomic mass is 9.84. The van der Waals surface area contributed by atoms with Crippen LogP contribution in [0.2, 0.25) is 0 Å². The van der Waals surface area contributed by atoms with E-state index in [2.05, 4.69) is 18.7 Å². The highest BCUT2D eigenvalue weighted by atomic mass is 32.1. The number of nitrogens with zero attached hydrogens (tertiary/aromatic N) is 1. The van der Waals surface area contributed by atoms with E-state index in [9.17, 15) is 4.79 Å². The summed E-state index contributed by atoms with van der Waals surface area (Å²) in [5, 5.41) is 1.29. The molecule has 0 atom stereocenters. The Labute approximate surface area is 131 Å². The summed E-state index contributed by atoms with van der Waals surface area (Å²) in [5.74, 6) is 0.793. The zero-order valence-electron chi connectivity index (χ0n) is 13.4. The van der Waals surface area contributed by atoms with Gasteiger partial charge in [0.05, 0.1) is 15.6 Å². The zero-order valence-corrected chi connectivity index (χ0v) is 14.2. The average molecular weight is 306 g/mol. The predicted molar refractivity (Wildman–Crippen MR) is 90.6 cm³/mol. The van der Waals surface area contributed by atoms with E-state index >= 15 is 0 Å². The predicted octanol–water partition coefficient (Wildman–Crippen LogP) is 4.43. The molecule has 2 N–H and O–H groups in total. The van der Waals surface area contributed by atoms with E-state index in [4.69, 9.17) is 5.73 Å². The third-order valence-electron chi connectivity index (χ3n) is 4.71. The summed E-state index contributed by atoms with van der Waals surface area (Å²) in [6.07, 6.45) is 5.51. The maximum absolute atomic E-state index is 12.2. The fraction of sp³-hybridized carbons (Fsp3) is 0.706. The molecule has 1 aliphatic heterocycles. The van der Waals surface area contributed by atoms with Crippen molar-refractivity contribution in [3.05, 3.63) is 10.4 Å². The molecule has 2 fully saturated rings. The number of Topliss-reactive ketones (excluding diaryl/α,β-unsaturated/α-hetero) is 1. The first-order chi connectivity index (χ1) is 9.93. The molecular formula is C17H26N2OS. The second kappa shape index (κ2) is 5.31. The number of nitrogens with two attached hydrogens (primary N) is 1. The number of carbonyl (C=O) groups is 1. The van der Waals surface area contributed by atoms with Gasteiger partial charge in [0.2, 0.25) is 0 Å². The van der Waals surface area contributed by atoms with Gasteiger partial charge in [-0.3, -0.25) is 4.79 Å². The van der Waals surface area contributed by atoms with Crippen molar-refractivity contribution in [2.24, 2.45) is 5.41 Å². The molecule has 1 saturated carbocycles. The highest BCUT2D eigenvalue weighted by Gasteiger charge is 2.36. The van der Waals surface area contributed by atoms with Gasteiger partial charge < -0.3 is 10.6 Å². The number of anilines is 2. The highest BCUT2D eigenvalue weighted by molar-refractivity contribution is 7.19. The van der Waals surface area contributed by atoms with Crippen molar-refractivity contribution in [3.8, 4) is 0 Å². The molecule has 2 aliphatic rings. The van der Waals surface area contributed by atoms with Gasteiger partial charge in [-0.15, -0.1) is 11.3 Å². The van der Waals surface area contributed by atoms with Crippen LogP contribution in [0.15, 0.2) is 0 Å². The number of hydrogen-bond donors (Lipinski definition) is 1. The van der Waals surface area contributed by atoms with E-state index in [1.54, 1.807) is 11.3 Å². The molecule has 1 aliphatic carbocycles. The average Bonchev–Trinajstić information content (AvgIpc) is 3.20. The summed E-state index contributed by atoms with van der Waals surface area (Å²) in [6, 6.07) is 0. The van der Waals surface area contributed by atoms with Crippen molar-refractivity contribution in [2.75, 3.05) is 23.7 Å². The van der Waals surface area contributed by atoms with Gasteiger partial charge in [0.25, 0.3) is 0 Å². The van der Waals surface area contributed by atoms with Crippen LogP contribution in [0.25, 0.3) is 0 Å². The lowest BCUT2D eigenvalue weighted by molar-refractivity contribution is 0.0993. The standard InChI is InChI=1S/C17H26N2OS/c1-4-12(20)15-14(18)13(11-6-7-11)16(21-15)19-9-5-8-17(2,3)10-19/h11H,4-10,18H2,1-3H3. The Bertz CT molecular complexity index is 557. The summed E-state index contributed by atoms with van der Waals surface area (Å²) < 4.78 is 0. The third-order valence-corrected chi connectivity index (χ3v) is 6.03. The minimum Gasteiger partial charge on any atom is -0.397 e. The second-order valence-corrected chi connectivity index (χ2v) is 8.30. The molecule has 3 rings (SSSR count). The lowest BCUT2D eigenvalue weighted by Gasteiger charge is -2.39. The van der Waals surface area contributed by atoms with Gasteiger partial charge in [-0.2, -0.15) is 0 Å². The summed E-state index contributed by atoms with van der Waals surface area (Å²) in [4.78, 5) is 15.5. The molecule has 1 aromatic rings.